The van der Waals surface area contributed by atoms with Gasteiger partial charge in [0, 0.05) is 6.72 Å². The standard InChI is InChI=1S/C2H4NO/c1-3-2-4/h1,4H,2H2. The molecule has 0 aliphatic rings. The van der Waals surface area contributed by atoms with Gasteiger partial charge in [0.15, 0.2) is 0 Å². The van der Waals surface area contributed by atoms with Gasteiger partial charge in [-0.1, -0.05) is 0 Å². The Labute approximate surface area is 24.8 Å². The molecule has 2 nitrogen and oxygen atoms in total. The van der Waals surface area contributed by atoms with Crippen molar-refractivity contribution < 1.29 is 5.11 Å². The van der Waals surface area contributed by atoms with Crippen LogP contribution in [0, 0.1) is 0 Å². The van der Waals surface area contributed by atoms with Crippen LogP contribution in [0.5, 0.6) is 0 Å². The van der Waals surface area contributed by atoms with Crippen LogP contribution in [0.25, 0.3) is 0 Å². The van der Waals surface area contributed by atoms with Crippen LogP contribution in [0.1, 0.15) is 0 Å². The largest absolute Gasteiger partial charge is 0.375 e. The fourth-order valence-corrected chi connectivity index (χ4v) is 0. The van der Waals surface area contributed by atoms with Gasteiger partial charge in [0.2, 0.25) is 0 Å². The minimum Gasteiger partial charge on any atom is -0.375 e. The Bertz CT molecular complexity index is 20.0. The molecule has 0 rings (SSSR count). The van der Waals surface area contributed by atoms with Crippen molar-refractivity contribution in [2.45, 2.75) is 0 Å². The van der Waals surface area contributed by atoms with E-state index in [9.17, 15) is 0 Å². The molecule has 2 heteroatoms. The zero-order chi connectivity index (χ0) is 3.41. The fourth-order valence-electron chi connectivity index (χ4n) is 0. The Morgan fingerprint density at radius 2 is 2.25 bits per heavy atom. The van der Waals surface area contributed by atoms with Crippen LogP contribution in [0.15, 0.2) is 4.99 Å². The third kappa shape index (κ3) is 1.63. The zero-order valence-corrected chi connectivity index (χ0v) is 2.18. The Hall–Kier alpha value is -0.370. The molecule has 0 fully saturated rings. The van der Waals surface area contributed by atoms with E-state index in [0.29, 0.717) is 0 Å². The Morgan fingerprint density at radius 3 is 2.25 bits per heavy atom. The summed E-state index contributed by atoms with van der Waals surface area (Å²) in [5, 5.41) is 7.58. The number of aliphatic imine (C=N–C) groups is 1. The smallest absolute Gasteiger partial charge is 0.134 e. The first-order chi connectivity index (χ1) is 1.91. The van der Waals surface area contributed by atoms with Gasteiger partial charge >= 0.3 is 0 Å². The third-order valence-electron chi connectivity index (χ3n) is 0.0816. The zero-order valence-electron chi connectivity index (χ0n) is 2.18. The number of aliphatic hydroxyl groups excluding tert-OH is 1. The van der Waals surface area contributed by atoms with E-state index in [4.69, 9.17) is 5.11 Å². The number of rotatable bonds is 1. The van der Waals surface area contributed by atoms with Gasteiger partial charge in [0.25, 0.3) is 0 Å². The maximum absolute atomic E-state index is 7.58. The van der Waals surface area contributed by atoms with Crippen molar-refractivity contribution >= 4 is 6.72 Å². The molecular formula is C2H4NO. The highest BCUT2D eigenvalue weighted by Gasteiger charge is 1.43. The predicted molar refractivity (Wildman–Crippen MR) is 15.6 cm³/mol. The Kier molecular flexibility index (Phi) is 2.39. The number of aliphatic hydroxyl groups is 1. The normalized spacial score (nSPS) is 6.25. The first-order valence-corrected chi connectivity index (χ1v) is 0.891. The second kappa shape index (κ2) is 2.63. The summed E-state index contributed by atoms with van der Waals surface area (Å²) in [6.45, 7) is 4.12. The van der Waals surface area contributed by atoms with Gasteiger partial charge in [-0.2, -0.15) is 0 Å². The summed E-state index contributed by atoms with van der Waals surface area (Å²) < 4.78 is 0. The molecule has 0 spiro atoms. The topological polar surface area (TPSA) is 32.6 Å². The first-order valence-electron chi connectivity index (χ1n) is 0.891. The number of hydrogen-bond donors (Lipinski definition) is 1. The molecule has 1 radical (unpaired) electrons. The molecule has 0 aliphatic carbocycles. The Balaban J connectivity index is 2.30. The van der Waals surface area contributed by atoms with E-state index in [0.717, 1.165) is 0 Å². The lowest BCUT2D eigenvalue weighted by atomic mass is 11.3. The van der Waals surface area contributed by atoms with E-state index in [1.54, 1.807) is 0 Å². The molecule has 0 aromatic carbocycles. The quantitative estimate of drug-likeness (QED) is 0.405. The van der Waals surface area contributed by atoms with Crippen LogP contribution in [-0.2, 0) is 0 Å². The fraction of sp³-hybridized carbons (Fsp3) is 0.500. The first kappa shape index (κ1) is 3.63. The van der Waals surface area contributed by atoms with Gasteiger partial charge in [-0.05, 0) is 0 Å². The lowest BCUT2D eigenvalue weighted by molar-refractivity contribution is 0.310. The molecule has 0 saturated carbocycles. The third-order valence-corrected chi connectivity index (χ3v) is 0.0816. The van der Waals surface area contributed by atoms with Gasteiger partial charge < -0.3 is 5.11 Å². The van der Waals surface area contributed by atoms with Crippen molar-refractivity contribution in [2.75, 3.05) is 6.73 Å². The van der Waals surface area contributed by atoms with E-state index >= 15 is 0 Å². The van der Waals surface area contributed by atoms with Gasteiger partial charge in [0.1, 0.15) is 6.73 Å². The minimum absolute atomic E-state index is 0.278. The summed E-state index contributed by atoms with van der Waals surface area (Å²) in [6.07, 6.45) is 0. The van der Waals surface area contributed by atoms with Crippen molar-refractivity contribution in [1.82, 2.24) is 0 Å². The SMILES string of the molecule is [CH]=NCO. The van der Waals surface area contributed by atoms with Crippen molar-refractivity contribution in [3.05, 3.63) is 0 Å². The van der Waals surface area contributed by atoms with Gasteiger partial charge in [-0.15, -0.1) is 0 Å². The van der Waals surface area contributed by atoms with E-state index in [-0.39, 0.29) is 6.73 Å². The molecule has 23 valence electrons. The summed E-state index contributed by atoms with van der Waals surface area (Å²) >= 11 is 0. The van der Waals surface area contributed by atoms with E-state index in [1.807, 2.05) is 0 Å². The van der Waals surface area contributed by atoms with Gasteiger partial charge in [0.05, 0.1) is 0 Å². The second-order valence-corrected chi connectivity index (χ2v) is 0.324. The second-order valence-electron chi connectivity index (χ2n) is 0.324. The molecule has 0 aliphatic heterocycles. The van der Waals surface area contributed by atoms with E-state index in [2.05, 4.69) is 11.7 Å². The molecule has 0 heterocycles. The molecule has 0 bridgehead atoms. The molecule has 1 N–H and O–H groups in total. The molecule has 0 amide bonds. The monoisotopic (exact) mass is 58.0 g/mol. The summed E-state index contributed by atoms with van der Waals surface area (Å²) in [4.78, 5) is 2.79. The van der Waals surface area contributed by atoms with E-state index < -0.39 is 0 Å². The van der Waals surface area contributed by atoms with Crippen LogP contribution >= 0.6 is 0 Å². The molecule has 4 heavy (non-hydrogen) atoms. The van der Waals surface area contributed by atoms with Crippen LogP contribution in [0.3, 0.4) is 0 Å². The maximum Gasteiger partial charge on any atom is 0.134 e. The molecule has 0 aromatic heterocycles. The summed E-state index contributed by atoms with van der Waals surface area (Å²) in [5.74, 6) is 0. The maximum atomic E-state index is 7.58. The van der Waals surface area contributed by atoms with Crippen LogP contribution in [0.2, 0.25) is 0 Å². The van der Waals surface area contributed by atoms with Crippen LogP contribution < -0.4 is 0 Å². The Morgan fingerprint density at radius 1 is 2.00 bits per heavy atom. The van der Waals surface area contributed by atoms with Crippen molar-refractivity contribution in [2.24, 2.45) is 4.99 Å². The van der Waals surface area contributed by atoms with Crippen LogP contribution in [-0.4, -0.2) is 18.6 Å². The van der Waals surface area contributed by atoms with Gasteiger partial charge in [-0.3, -0.25) is 4.99 Å². The van der Waals surface area contributed by atoms with Crippen molar-refractivity contribution in [3.8, 4) is 0 Å². The van der Waals surface area contributed by atoms with Crippen molar-refractivity contribution in [1.29, 1.82) is 0 Å². The average Bonchev–Trinajstić information content (AvgIpc) is 1.37. The summed E-state index contributed by atoms with van der Waals surface area (Å²) in [6, 6.07) is 0. The number of nitrogens with zero attached hydrogens (tertiary/aromatic N) is 1. The average molecular weight is 58.1 g/mol. The lowest BCUT2D eigenvalue weighted by Gasteiger charge is -1.62. The molecular weight excluding hydrogens is 54.0 g/mol. The molecule has 0 atom stereocenters. The van der Waals surface area contributed by atoms with E-state index in [1.165, 1.54) is 0 Å². The molecule has 0 saturated heterocycles. The molecule has 0 aromatic rings. The number of hydrogen-bond acceptors (Lipinski definition) is 2. The lowest BCUT2D eigenvalue weighted by Crippen LogP contribution is -1.64. The summed E-state index contributed by atoms with van der Waals surface area (Å²) in [7, 11) is 0. The van der Waals surface area contributed by atoms with Crippen LogP contribution in [0.4, 0.5) is 0 Å². The minimum atomic E-state index is -0.278. The van der Waals surface area contributed by atoms with Crippen molar-refractivity contribution in [3.63, 3.8) is 0 Å². The molecule has 0 unspecified atom stereocenters. The van der Waals surface area contributed by atoms with Gasteiger partial charge in [-0.25, -0.2) is 0 Å². The highest BCUT2D eigenvalue weighted by molar-refractivity contribution is 5.22. The predicted octanol–water partition coefficient (Wildman–Crippen LogP) is -0.486. The highest BCUT2D eigenvalue weighted by Crippen LogP contribution is 1.43. The summed E-state index contributed by atoms with van der Waals surface area (Å²) in [5.41, 5.74) is 0. The highest BCUT2D eigenvalue weighted by atomic mass is 16.3.